The number of nitriles is 1. The Hall–Kier alpha value is -3.72. The van der Waals surface area contributed by atoms with Crippen molar-refractivity contribution in [3.8, 4) is 11.8 Å². The molecule has 0 radical (unpaired) electrons. The highest BCUT2D eigenvalue weighted by molar-refractivity contribution is 5.91. The maximum Gasteiger partial charge on any atom is 0.343 e. The van der Waals surface area contributed by atoms with Crippen LogP contribution in [0.1, 0.15) is 52.4 Å². The lowest BCUT2D eigenvalue weighted by Gasteiger charge is -2.07. The molecule has 4 rings (SSSR count). The average Bonchev–Trinajstić information content (AvgIpc) is 3.01. The average molecular weight is 398 g/mol. The van der Waals surface area contributed by atoms with Crippen LogP contribution in [0.25, 0.3) is 11.6 Å². The van der Waals surface area contributed by atoms with Gasteiger partial charge in [-0.15, -0.1) is 10.2 Å². The molecule has 0 bridgehead atoms. The molecular formula is C24H22N4O2. The molecule has 0 saturated heterocycles. The lowest BCUT2D eigenvalue weighted by atomic mass is 10.1. The van der Waals surface area contributed by atoms with E-state index in [1.165, 1.54) is 0 Å². The Labute approximate surface area is 175 Å². The van der Waals surface area contributed by atoms with Gasteiger partial charge in [-0.1, -0.05) is 36.2 Å². The number of ether oxygens (including phenoxy) is 1. The molecule has 6 heteroatoms. The Balaban J connectivity index is 1.51. The predicted octanol–water partition coefficient (Wildman–Crippen LogP) is 4.60. The molecule has 30 heavy (non-hydrogen) atoms. The number of esters is 1. The highest BCUT2D eigenvalue weighted by Gasteiger charge is 2.17. The summed E-state index contributed by atoms with van der Waals surface area (Å²) in [5.41, 5.74) is 2.89. The molecule has 0 amide bonds. The van der Waals surface area contributed by atoms with Gasteiger partial charge in [0, 0.05) is 13.0 Å². The SMILES string of the molecule is Cc1ccc(C(=O)Oc2ccc(/C=C(\C#N)c3nnc4n3CCCCC4)cc2)cc1. The summed E-state index contributed by atoms with van der Waals surface area (Å²) in [6.45, 7) is 2.80. The lowest BCUT2D eigenvalue weighted by Crippen LogP contribution is -2.08. The number of carbonyl (C=O) groups excluding carboxylic acids is 1. The Morgan fingerprint density at radius 3 is 2.57 bits per heavy atom. The molecule has 2 heterocycles. The maximum absolute atomic E-state index is 12.3. The van der Waals surface area contributed by atoms with Crippen LogP contribution in [0, 0.1) is 18.3 Å². The first-order valence-corrected chi connectivity index (χ1v) is 10.1. The fourth-order valence-corrected chi connectivity index (χ4v) is 3.49. The number of nitrogens with zero attached hydrogens (tertiary/aromatic N) is 4. The van der Waals surface area contributed by atoms with Crippen molar-refractivity contribution in [2.45, 2.75) is 39.2 Å². The maximum atomic E-state index is 12.3. The highest BCUT2D eigenvalue weighted by Crippen LogP contribution is 2.22. The van der Waals surface area contributed by atoms with Crippen LogP contribution in [0.2, 0.25) is 0 Å². The Morgan fingerprint density at radius 2 is 1.83 bits per heavy atom. The topological polar surface area (TPSA) is 80.8 Å². The normalized spacial score (nSPS) is 13.8. The van der Waals surface area contributed by atoms with Gasteiger partial charge in [0.2, 0.25) is 0 Å². The molecule has 0 atom stereocenters. The Morgan fingerprint density at radius 1 is 1.07 bits per heavy atom. The van der Waals surface area contributed by atoms with E-state index < -0.39 is 5.97 Å². The second-order valence-electron chi connectivity index (χ2n) is 7.40. The summed E-state index contributed by atoms with van der Waals surface area (Å²) in [7, 11) is 0. The largest absolute Gasteiger partial charge is 0.423 e. The first kappa shape index (κ1) is 19.6. The van der Waals surface area contributed by atoms with Crippen molar-refractivity contribution >= 4 is 17.6 Å². The quantitative estimate of drug-likeness (QED) is 0.365. The van der Waals surface area contributed by atoms with Crippen molar-refractivity contribution in [2.75, 3.05) is 0 Å². The minimum absolute atomic E-state index is 0.401. The molecule has 0 spiro atoms. The fourth-order valence-electron chi connectivity index (χ4n) is 3.49. The van der Waals surface area contributed by atoms with Crippen LogP contribution in [-0.4, -0.2) is 20.7 Å². The van der Waals surface area contributed by atoms with Gasteiger partial charge in [-0.3, -0.25) is 0 Å². The van der Waals surface area contributed by atoms with Gasteiger partial charge in [-0.05, 0) is 55.7 Å². The summed E-state index contributed by atoms with van der Waals surface area (Å²) in [6, 6.07) is 16.6. The van der Waals surface area contributed by atoms with E-state index in [0.717, 1.165) is 49.2 Å². The third-order valence-corrected chi connectivity index (χ3v) is 5.16. The molecule has 0 N–H and O–H groups in total. The number of aryl methyl sites for hydroxylation is 2. The van der Waals surface area contributed by atoms with Crippen LogP contribution in [0.15, 0.2) is 48.5 Å². The molecule has 1 aliphatic heterocycles. The molecule has 150 valence electrons. The molecule has 0 unspecified atom stereocenters. The summed E-state index contributed by atoms with van der Waals surface area (Å²) < 4.78 is 7.49. The molecule has 0 fully saturated rings. The van der Waals surface area contributed by atoms with Gasteiger partial charge < -0.3 is 9.30 Å². The third kappa shape index (κ3) is 4.31. The second-order valence-corrected chi connectivity index (χ2v) is 7.40. The van der Waals surface area contributed by atoms with E-state index in [-0.39, 0.29) is 0 Å². The van der Waals surface area contributed by atoms with Gasteiger partial charge in [0.15, 0.2) is 5.82 Å². The molecule has 0 saturated carbocycles. The molecular weight excluding hydrogens is 376 g/mol. The molecule has 2 aromatic carbocycles. The van der Waals surface area contributed by atoms with E-state index >= 15 is 0 Å². The molecule has 3 aromatic rings. The van der Waals surface area contributed by atoms with Crippen molar-refractivity contribution in [1.29, 1.82) is 5.26 Å². The molecule has 6 nitrogen and oxygen atoms in total. The van der Waals surface area contributed by atoms with Crippen molar-refractivity contribution in [3.63, 3.8) is 0 Å². The van der Waals surface area contributed by atoms with Crippen LogP contribution < -0.4 is 4.74 Å². The lowest BCUT2D eigenvalue weighted by molar-refractivity contribution is 0.0735. The highest BCUT2D eigenvalue weighted by atomic mass is 16.5. The third-order valence-electron chi connectivity index (χ3n) is 5.16. The second kappa shape index (κ2) is 8.75. The summed E-state index contributed by atoms with van der Waals surface area (Å²) in [4.78, 5) is 12.3. The van der Waals surface area contributed by atoms with E-state index in [1.54, 1.807) is 30.3 Å². The number of hydrogen-bond donors (Lipinski definition) is 0. The molecule has 0 aliphatic carbocycles. The summed E-state index contributed by atoms with van der Waals surface area (Å²) in [5, 5.41) is 18.2. The van der Waals surface area contributed by atoms with Crippen molar-refractivity contribution < 1.29 is 9.53 Å². The summed E-state index contributed by atoms with van der Waals surface area (Å²) in [5.74, 6) is 1.61. The van der Waals surface area contributed by atoms with Crippen LogP contribution in [0.5, 0.6) is 5.75 Å². The number of fused-ring (bicyclic) bond motifs is 1. The number of allylic oxidation sites excluding steroid dienone is 1. The monoisotopic (exact) mass is 398 g/mol. The van der Waals surface area contributed by atoms with E-state index in [2.05, 4.69) is 20.8 Å². The summed E-state index contributed by atoms with van der Waals surface area (Å²) >= 11 is 0. The standard InChI is InChI=1S/C24H22N4O2/c1-17-6-10-19(11-7-17)24(29)30-21-12-8-18(9-13-21)15-20(16-25)23-27-26-22-5-3-2-4-14-28(22)23/h6-13,15H,2-5,14H2,1H3/b20-15+. The van der Waals surface area contributed by atoms with Gasteiger partial charge in [-0.25, -0.2) is 4.79 Å². The van der Waals surface area contributed by atoms with Crippen molar-refractivity contribution in [3.05, 3.63) is 76.9 Å². The predicted molar refractivity (Wildman–Crippen MR) is 114 cm³/mol. The first-order valence-electron chi connectivity index (χ1n) is 10.1. The van der Waals surface area contributed by atoms with E-state index in [1.807, 2.05) is 31.2 Å². The minimum Gasteiger partial charge on any atom is -0.423 e. The van der Waals surface area contributed by atoms with Crippen LogP contribution in [0.3, 0.4) is 0 Å². The van der Waals surface area contributed by atoms with E-state index in [4.69, 9.17) is 4.74 Å². The number of hydrogen-bond acceptors (Lipinski definition) is 5. The number of rotatable bonds is 4. The Kier molecular flexibility index (Phi) is 5.71. The zero-order valence-electron chi connectivity index (χ0n) is 16.8. The van der Waals surface area contributed by atoms with Gasteiger partial charge in [0.25, 0.3) is 0 Å². The van der Waals surface area contributed by atoms with Crippen LogP contribution in [0.4, 0.5) is 0 Å². The van der Waals surface area contributed by atoms with Crippen LogP contribution in [-0.2, 0) is 13.0 Å². The van der Waals surface area contributed by atoms with Gasteiger partial charge >= 0.3 is 5.97 Å². The van der Waals surface area contributed by atoms with E-state index in [0.29, 0.717) is 22.7 Å². The van der Waals surface area contributed by atoms with E-state index in [9.17, 15) is 10.1 Å². The smallest absolute Gasteiger partial charge is 0.343 e. The van der Waals surface area contributed by atoms with Gasteiger partial charge in [0.1, 0.15) is 17.6 Å². The Bertz CT molecular complexity index is 1120. The fraction of sp³-hybridized carbons (Fsp3) is 0.250. The minimum atomic E-state index is -0.401. The van der Waals surface area contributed by atoms with Gasteiger partial charge in [0.05, 0.1) is 11.1 Å². The summed E-state index contributed by atoms with van der Waals surface area (Å²) in [6.07, 6.45) is 6.02. The van der Waals surface area contributed by atoms with Gasteiger partial charge in [-0.2, -0.15) is 5.26 Å². The zero-order valence-corrected chi connectivity index (χ0v) is 16.8. The van der Waals surface area contributed by atoms with Crippen molar-refractivity contribution in [1.82, 2.24) is 14.8 Å². The first-order chi connectivity index (χ1) is 14.6. The van der Waals surface area contributed by atoms with Crippen molar-refractivity contribution in [2.24, 2.45) is 0 Å². The number of benzene rings is 2. The van der Waals surface area contributed by atoms with Crippen LogP contribution >= 0.6 is 0 Å². The number of carbonyl (C=O) groups is 1. The zero-order chi connectivity index (χ0) is 20.9. The molecule has 1 aliphatic rings. The number of aromatic nitrogens is 3. The molecule has 1 aromatic heterocycles.